The lowest BCUT2D eigenvalue weighted by atomic mass is 10.1. The summed E-state index contributed by atoms with van der Waals surface area (Å²) < 4.78 is 11.6. The highest BCUT2D eigenvalue weighted by Crippen LogP contribution is 2.31. The van der Waals surface area contributed by atoms with Crippen molar-refractivity contribution >= 4 is 0 Å². The van der Waals surface area contributed by atoms with Gasteiger partial charge in [0.2, 0.25) is 0 Å². The number of rotatable bonds is 17. The lowest BCUT2D eigenvalue weighted by Crippen LogP contribution is -2.16. The summed E-state index contributed by atoms with van der Waals surface area (Å²) in [6.45, 7) is 7.20. The average Bonchev–Trinajstić information content (AvgIpc) is 2.67. The third-order valence-electron chi connectivity index (χ3n) is 4.80. The van der Waals surface area contributed by atoms with Gasteiger partial charge in [-0.05, 0) is 25.5 Å². The molecule has 0 aliphatic carbocycles. The van der Waals surface area contributed by atoms with Crippen molar-refractivity contribution in [2.24, 2.45) is 0 Å². The molecule has 3 heteroatoms. The first-order valence-corrected chi connectivity index (χ1v) is 10.8. The summed E-state index contributed by atoms with van der Waals surface area (Å²) in [6.07, 6.45) is 14.3. The Morgan fingerprint density at radius 2 is 1.46 bits per heavy atom. The first-order chi connectivity index (χ1) is 12.8. The predicted molar refractivity (Wildman–Crippen MR) is 112 cm³/mol. The quantitative estimate of drug-likeness (QED) is 0.321. The topological polar surface area (TPSA) is 30.5 Å². The third-order valence-corrected chi connectivity index (χ3v) is 4.80. The Kier molecular flexibility index (Phi) is 14.0. The molecule has 0 aromatic heterocycles. The molecule has 0 aliphatic heterocycles. The number of nitrogens with one attached hydrogen (secondary N) is 1. The molecule has 26 heavy (non-hydrogen) atoms. The number of para-hydroxylation sites is 1. The normalized spacial score (nSPS) is 10.9. The molecule has 0 amide bonds. The van der Waals surface area contributed by atoms with Gasteiger partial charge in [-0.3, -0.25) is 0 Å². The summed E-state index contributed by atoms with van der Waals surface area (Å²) in [5, 5.41) is 3.57. The molecular formula is C23H41NO2. The van der Waals surface area contributed by atoms with Crippen molar-refractivity contribution < 1.29 is 9.47 Å². The fraction of sp³-hybridized carbons (Fsp3) is 0.739. The van der Waals surface area contributed by atoms with E-state index in [0.29, 0.717) is 0 Å². The molecule has 0 unspecified atom stereocenters. The molecule has 0 atom stereocenters. The lowest BCUT2D eigenvalue weighted by molar-refractivity contribution is 0.281. The number of unbranched alkanes of at least 4 members (excludes halogenated alkanes) is 9. The van der Waals surface area contributed by atoms with Crippen molar-refractivity contribution in [2.45, 2.75) is 91.0 Å². The Labute approximate surface area is 161 Å². The summed E-state index contributed by atoms with van der Waals surface area (Å²) in [5.41, 5.74) is 1.20. The van der Waals surface area contributed by atoms with Crippen LogP contribution in [0.4, 0.5) is 0 Å². The van der Waals surface area contributed by atoms with Gasteiger partial charge in [0.1, 0.15) is 0 Å². The highest BCUT2D eigenvalue weighted by molar-refractivity contribution is 5.46. The molecule has 0 bridgehead atoms. The Bertz CT molecular complexity index is 448. The van der Waals surface area contributed by atoms with Gasteiger partial charge in [-0.2, -0.15) is 0 Å². The zero-order chi connectivity index (χ0) is 18.9. The van der Waals surface area contributed by atoms with Gasteiger partial charge in [0.15, 0.2) is 11.5 Å². The van der Waals surface area contributed by atoms with Gasteiger partial charge in [0.05, 0.1) is 13.7 Å². The van der Waals surface area contributed by atoms with Crippen LogP contribution in [0, 0.1) is 0 Å². The van der Waals surface area contributed by atoms with E-state index in [1.54, 1.807) is 7.11 Å². The number of hydrogen-bond acceptors (Lipinski definition) is 3. The van der Waals surface area contributed by atoms with Gasteiger partial charge >= 0.3 is 0 Å². The van der Waals surface area contributed by atoms with Crippen LogP contribution in [0.25, 0.3) is 0 Å². The van der Waals surface area contributed by atoms with Crippen LogP contribution in [0.3, 0.4) is 0 Å². The van der Waals surface area contributed by atoms with Gasteiger partial charge in [-0.1, -0.05) is 83.8 Å². The minimum Gasteiger partial charge on any atom is -0.493 e. The molecule has 0 fully saturated rings. The summed E-state index contributed by atoms with van der Waals surface area (Å²) in [4.78, 5) is 0. The van der Waals surface area contributed by atoms with Gasteiger partial charge in [0, 0.05) is 12.1 Å². The van der Waals surface area contributed by atoms with Crippen molar-refractivity contribution in [3.05, 3.63) is 23.8 Å². The summed E-state index contributed by atoms with van der Waals surface area (Å²) in [5.74, 6) is 1.76. The van der Waals surface area contributed by atoms with Crippen molar-refractivity contribution in [1.29, 1.82) is 0 Å². The Hall–Kier alpha value is -1.22. The highest BCUT2D eigenvalue weighted by atomic mass is 16.5. The predicted octanol–water partition coefficient (Wildman–Crippen LogP) is 6.49. The number of hydrogen-bond donors (Lipinski definition) is 1. The first-order valence-electron chi connectivity index (χ1n) is 10.8. The lowest BCUT2D eigenvalue weighted by Gasteiger charge is -2.15. The van der Waals surface area contributed by atoms with E-state index in [-0.39, 0.29) is 0 Å². The van der Waals surface area contributed by atoms with Crippen LogP contribution in [0.1, 0.15) is 90.0 Å². The molecule has 1 aromatic carbocycles. The number of ether oxygens (including phenoxy) is 2. The van der Waals surface area contributed by atoms with Crippen LogP contribution in [0.5, 0.6) is 11.5 Å². The van der Waals surface area contributed by atoms with Crippen molar-refractivity contribution in [3.63, 3.8) is 0 Å². The van der Waals surface area contributed by atoms with Crippen LogP contribution in [0.15, 0.2) is 18.2 Å². The Balaban J connectivity index is 2.34. The van der Waals surface area contributed by atoms with Gasteiger partial charge < -0.3 is 14.8 Å². The number of methoxy groups -OCH3 is 1. The minimum absolute atomic E-state index is 0.772. The fourth-order valence-corrected chi connectivity index (χ4v) is 3.16. The SMILES string of the molecule is CCCCCCCCNCc1cccc(OC)c1OCCCCCCC. The Morgan fingerprint density at radius 1 is 0.808 bits per heavy atom. The standard InChI is InChI=1S/C23H41NO2/c1-4-6-8-10-11-13-18-24-20-21-16-15-17-22(25-3)23(21)26-19-14-12-9-7-5-2/h15-17,24H,4-14,18-20H2,1-3H3. The van der Waals surface area contributed by atoms with Gasteiger partial charge in [0.25, 0.3) is 0 Å². The average molecular weight is 364 g/mol. The maximum atomic E-state index is 6.10. The van der Waals surface area contributed by atoms with Crippen molar-refractivity contribution in [3.8, 4) is 11.5 Å². The molecular weight excluding hydrogens is 322 g/mol. The zero-order valence-corrected chi connectivity index (χ0v) is 17.4. The largest absolute Gasteiger partial charge is 0.493 e. The highest BCUT2D eigenvalue weighted by Gasteiger charge is 2.10. The second kappa shape index (κ2) is 16.0. The summed E-state index contributed by atoms with van der Waals surface area (Å²) in [7, 11) is 1.72. The monoisotopic (exact) mass is 363 g/mol. The zero-order valence-electron chi connectivity index (χ0n) is 17.4. The molecule has 0 saturated carbocycles. The third kappa shape index (κ3) is 10.1. The molecule has 0 heterocycles. The smallest absolute Gasteiger partial charge is 0.165 e. The summed E-state index contributed by atoms with van der Waals surface area (Å²) >= 11 is 0. The van der Waals surface area contributed by atoms with Gasteiger partial charge in [-0.25, -0.2) is 0 Å². The molecule has 0 spiro atoms. The molecule has 3 nitrogen and oxygen atoms in total. The van der Waals surface area contributed by atoms with E-state index in [9.17, 15) is 0 Å². The van der Waals surface area contributed by atoms with E-state index in [4.69, 9.17) is 9.47 Å². The second-order valence-corrected chi connectivity index (χ2v) is 7.16. The van der Waals surface area contributed by atoms with Crippen LogP contribution in [-0.2, 0) is 6.54 Å². The van der Waals surface area contributed by atoms with Crippen LogP contribution in [0.2, 0.25) is 0 Å². The molecule has 1 N–H and O–H groups in total. The van der Waals surface area contributed by atoms with Gasteiger partial charge in [-0.15, -0.1) is 0 Å². The second-order valence-electron chi connectivity index (χ2n) is 7.16. The van der Waals surface area contributed by atoms with E-state index in [0.717, 1.165) is 37.6 Å². The van der Waals surface area contributed by atoms with Crippen molar-refractivity contribution in [2.75, 3.05) is 20.3 Å². The Morgan fingerprint density at radius 3 is 2.15 bits per heavy atom. The van der Waals surface area contributed by atoms with Crippen LogP contribution >= 0.6 is 0 Å². The molecule has 0 radical (unpaired) electrons. The molecule has 150 valence electrons. The maximum absolute atomic E-state index is 6.10. The van der Waals surface area contributed by atoms with E-state index in [1.165, 1.54) is 69.8 Å². The number of benzene rings is 1. The van der Waals surface area contributed by atoms with E-state index >= 15 is 0 Å². The van der Waals surface area contributed by atoms with E-state index in [1.807, 2.05) is 6.07 Å². The minimum atomic E-state index is 0.772. The molecule has 1 aromatic rings. The first kappa shape index (κ1) is 22.8. The van der Waals surface area contributed by atoms with Crippen LogP contribution < -0.4 is 14.8 Å². The molecule has 1 rings (SSSR count). The summed E-state index contributed by atoms with van der Waals surface area (Å²) in [6, 6.07) is 6.18. The van der Waals surface area contributed by atoms with E-state index < -0.39 is 0 Å². The van der Waals surface area contributed by atoms with Crippen molar-refractivity contribution in [1.82, 2.24) is 5.32 Å². The molecule has 0 aliphatic rings. The van der Waals surface area contributed by atoms with Crippen LogP contribution in [-0.4, -0.2) is 20.3 Å². The van der Waals surface area contributed by atoms with E-state index in [2.05, 4.69) is 31.3 Å². The molecule has 0 saturated heterocycles. The maximum Gasteiger partial charge on any atom is 0.165 e. The fourth-order valence-electron chi connectivity index (χ4n) is 3.16.